The topological polar surface area (TPSA) is 67.9 Å². The number of rotatable bonds is 6. The van der Waals surface area contributed by atoms with Crippen LogP contribution in [0.3, 0.4) is 0 Å². The van der Waals surface area contributed by atoms with Crippen LogP contribution in [0.2, 0.25) is 0 Å². The maximum Gasteiger partial charge on any atom is 0.258 e. The van der Waals surface area contributed by atoms with Crippen LogP contribution in [-0.4, -0.2) is 32.6 Å². The first-order valence-corrected chi connectivity index (χ1v) is 10.6. The van der Waals surface area contributed by atoms with E-state index in [1.807, 2.05) is 54.6 Å². The average molecular weight is 431 g/mol. The van der Waals surface area contributed by atoms with E-state index in [1.54, 1.807) is 31.3 Å². The average Bonchev–Trinajstić information content (AvgIpc) is 2.83. The minimum Gasteiger partial charge on any atom is -0.493 e. The molecule has 0 aliphatic carbocycles. The van der Waals surface area contributed by atoms with Gasteiger partial charge in [-0.3, -0.25) is 9.59 Å². The van der Waals surface area contributed by atoms with Crippen molar-refractivity contribution in [2.75, 3.05) is 31.0 Å². The molecule has 3 aromatic rings. The van der Waals surface area contributed by atoms with Crippen molar-refractivity contribution >= 4 is 23.2 Å². The monoisotopic (exact) mass is 430 g/mol. The Hall–Kier alpha value is -3.80. The van der Waals surface area contributed by atoms with Crippen LogP contribution in [0.4, 0.5) is 11.4 Å². The van der Waals surface area contributed by atoms with E-state index in [2.05, 4.69) is 5.32 Å². The number of nitrogens with zero attached hydrogens (tertiary/aromatic N) is 1. The number of aryl methyl sites for hydroxylation is 1. The summed E-state index contributed by atoms with van der Waals surface area (Å²) in [7, 11) is 3.14. The van der Waals surface area contributed by atoms with Gasteiger partial charge in [-0.2, -0.15) is 0 Å². The molecule has 0 radical (unpaired) electrons. The van der Waals surface area contributed by atoms with Crippen LogP contribution in [0.15, 0.2) is 66.7 Å². The number of carbonyl (C=O) groups excluding carboxylic acids is 2. The van der Waals surface area contributed by atoms with Gasteiger partial charge >= 0.3 is 0 Å². The van der Waals surface area contributed by atoms with E-state index in [0.717, 1.165) is 29.7 Å². The number of hydrogen-bond donors (Lipinski definition) is 1. The number of amides is 2. The molecule has 0 atom stereocenters. The third-order valence-electron chi connectivity index (χ3n) is 5.57. The molecule has 1 N–H and O–H groups in total. The second kappa shape index (κ2) is 9.56. The number of carbonyl (C=O) groups is 2. The van der Waals surface area contributed by atoms with Crippen molar-refractivity contribution in [3.8, 4) is 11.5 Å². The van der Waals surface area contributed by atoms with Gasteiger partial charge < -0.3 is 19.7 Å². The summed E-state index contributed by atoms with van der Waals surface area (Å²) in [6.07, 6.45) is 2.02. The number of methoxy groups -OCH3 is 2. The Bertz CT molecular complexity index is 1130. The second-order valence-electron chi connectivity index (χ2n) is 7.68. The van der Waals surface area contributed by atoms with E-state index in [0.29, 0.717) is 29.3 Å². The van der Waals surface area contributed by atoms with Crippen molar-refractivity contribution in [2.24, 2.45) is 0 Å². The molecule has 4 rings (SSSR count). The lowest BCUT2D eigenvalue weighted by molar-refractivity contribution is -0.115. The van der Waals surface area contributed by atoms with Crippen molar-refractivity contribution in [3.63, 3.8) is 0 Å². The molecule has 32 heavy (non-hydrogen) atoms. The Morgan fingerprint density at radius 2 is 1.72 bits per heavy atom. The molecule has 6 nitrogen and oxygen atoms in total. The van der Waals surface area contributed by atoms with Gasteiger partial charge in [0, 0.05) is 23.5 Å². The van der Waals surface area contributed by atoms with Crippen molar-refractivity contribution in [1.29, 1.82) is 0 Å². The van der Waals surface area contributed by atoms with Crippen molar-refractivity contribution < 1.29 is 19.1 Å². The minimum atomic E-state index is -0.145. The normalized spacial score (nSPS) is 12.6. The molecule has 6 heteroatoms. The maximum absolute atomic E-state index is 13.1. The summed E-state index contributed by atoms with van der Waals surface area (Å²) in [5.41, 5.74) is 4.11. The lowest BCUT2D eigenvalue weighted by Crippen LogP contribution is -2.35. The van der Waals surface area contributed by atoms with Crippen LogP contribution in [0.25, 0.3) is 0 Å². The van der Waals surface area contributed by atoms with Gasteiger partial charge in [-0.1, -0.05) is 30.3 Å². The zero-order valence-electron chi connectivity index (χ0n) is 18.3. The molecule has 0 saturated carbocycles. The van der Waals surface area contributed by atoms with Crippen LogP contribution < -0.4 is 19.7 Å². The Morgan fingerprint density at radius 3 is 2.47 bits per heavy atom. The first kappa shape index (κ1) is 21.4. The van der Waals surface area contributed by atoms with Crippen LogP contribution in [-0.2, 0) is 17.6 Å². The van der Waals surface area contributed by atoms with E-state index in [4.69, 9.17) is 9.47 Å². The maximum atomic E-state index is 13.1. The first-order valence-electron chi connectivity index (χ1n) is 10.6. The molecule has 0 fully saturated rings. The van der Waals surface area contributed by atoms with Gasteiger partial charge in [-0.15, -0.1) is 0 Å². The van der Waals surface area contributed by atoms with E-state index < -0.39 is 0 Å². The fourth-order valence-electron chi connectivity index (χ4n) is 3.98. The SMILES string of the molecule is COc1ccc(CC(=O)Nc2ccc3c(c2)N(C(=O)c2ccccc2)CCC3)cc1OC. The molecule has 0 unspecified atom stereocenters. The van der Waals surface area contributed by atoms with Crippen LogP contribution in [0.1, 0.15) is 27.9 Å². The summed E-state index contributed by atoms with van der Waals surface area (Å²) in [5, 5.41) is 2.96. The van der Waals surface area contributed by atoms with E-state index >= 15 is 0 Å². The van der Waals surface area contributed by atoms with Crippen molar-refractivity contribution in [2.45, 2.75) is 19.3 Å². The van der Waals surface area contributed by atoms with Crippen LogP contribution in [0.5, 0.6) is 11.5 Å². The highest BCUT2D eigenvalue weighted by Gasteiger charge is 2.24. The predicted octanol–water partition coefficient (Wildman–Crippen LogP) is 4.48. The molecule has 3 aromatic carbocycles. The van der Waals surface area contributed by atoms with Gasteiger partial charge in [0.15, 0.2) is 11.5 Å². The summed E-state index contributed by atoms with van der Waals surface area (Å²) < 4.78 is 10.6. The Morgan fingerprint density at radius 1 is 0.938 bits per heavy atom. The third kappa shape index (κ3) is 4.59. The second-order valence-corrected chi connectivity index (χ2v) is 7.68. The molecular weight excluding hydrogens is 404 g/mol. The van der Waals surface area contributed by atoms with Crippen molar-refractivity contribution in [1.82, 2.24) is 0 Å². The lowest BCUT2D eigenvalue weighted by Gasteiger charge is -2.30. The smallest absolute Gasteiger partial charge is 0.258 e. The molecule has 1 heterocycles. The molecule has 0 spiro atoms. The number of ether oxygens (including phenoxy) is 2. The summed E-state index contributed by atoms with van der Waals surface area (Å²) >= 11 is 0. The quantitative estimate of drug-likeness (QED) is 0.626. The van der Waals surface area contributed by atoms with Gasteiger partial charge in [-0.25, -0.2) is 0 Å². The van der Waals surface area contributed by atoms with Crippen molar-refractivity contribution in [3.05, 3.63) is 83.4 Å². The Balaban J connectivity index is 1.51. The highest BCUT2D eigenvalue weighted by atomic mass is 16.5. The number of benzene rings is 3. The lowest BCUT2D eigenvalue weighted by atomic mass is 10.00. The van der Waals surface area contributed by atoms with Gasteiger partial charge in [0.1, 0.15) is 0 Å². The number of hydrogen-bond acceptors (Lipinski definition) is 4. The number of nitrogens with one attached hydrogen (secondary N) is 1. The molecule has 1 aliphatic heterocycles. The van der Waals surface area contributed by atoms with Gasteiger partial charge in [0.2, 0.25) is 5.91 Å². The Labute approximate surface area is 187 Å². The summed E-state index contributed by atoms with van der Waals surface area (Å²) in [6.45, 7) is 0.657. The van der Waals surface area contributed by atoms with Gasteiger partial charge in [-0.05, 0) is 60.4 Å². The van der Waals surface area contributed by atoms with Gasteiger partial charge in [0.25, 0.3) is 5.91 Å². The first-order chi connectivity index (χ1) is 15.6. The zero-order chi connectivity index (χ0) is 22.5. The predicted molar refractivity (Wildman–Crippen MR) is 125 cm³/mol. The molecule has 1 aliphatic rings. The molecular formula is C26H26N2O4. The van der Waals surface area contributed by atoms with Gasteiger partial charge in [0.05, 0.1) is 20.6 Å². The number of fused-ring (bicyclic) bond motifs is 1. The Kier molecular flexibility index (Phi) is 6.40. The van der Waals surface area contributed by atoms with Crippen LogP contribution in [0, 0.1) is 0 Å². The molecule has 164 valence electrons. The fourth-order valence-corrected chi connectivity index (χ4v) is 3.98. The van der Waals surface area contributed by atoms with E-state index in [-0.39, 0.29) is 18.2 Å². The summed E-state index contributed by atoms with van der Waals surface area (Å²) in [4.78, 5) is 27.5. The van der Waals surface area contributed by atoms with E-state index in [9.17, 15) is 9.59 Å². The standard InChI is InChI=1S/C26H26N2O4/c1-31-23-13-10-18(15-24(23)32-2)16-25(29)27-21-12-11-19-9-6-14-28(22(19)17-21)26(30)20-7-4-3-5-8-20/h3-5,7-8,10-13,15,17H,6,9,14,16H2,1-2H3,(H,27,29). The van der Waals surface area contributed by atoms with E-state index in [1.165, 1.54) is 0 Å². The molecule has 0 saturated heterocycles. The summed E-state index contributed by atoms with van der Waals surface area (Å²) in [5.74, 6) is 1.03. The molecule has 0 bridgehead atoms. The highest BCUT2D eigenvalue weighted by Crippen LogP contribution is 2.32. The zero-order valence-corrected chi connectivity index (χ0v) is 18.3. The largest absolute Gasteiger partial charge is 0.493 e. The summed E-state index contributed by atoms with van der Waals surface area (Å²) in [6, 6.07) is 20.5. The highest BCUT2D eigenvalue weighted by molar-refractivity contribution is 6.07. The number of anilines is 2. The molecule has 2 amide bonds. The third-order valence-corrected chi connectivity index (χ3v) is 5.57. The fraction of sp³-hybridized carbons (Fsp3) is 0.231. The minimum absolute atomic E-state index is 0.0274. The van der Waals surface area contributed by atoms with Crippen LogP contribution >= 0.6 is 0 Å². The molecule has 0 aromatic heterocycles.